The zero-order valence-electron chi connectivity index (χ0n) is 11.1. The molecule has 0 atom stereocenters. The van der Waals surface area contributed by atoms with Crippen molar-refractivity contribution in [3.63, 3.8) is 0 Å². The molecule has 0 radical (unpaired) electrons. The fraction of sp³-hybridized carbons (Fsp3) is 0.231. The van der Waals surface area contributed by atoms with Crippen LogP contribution in [0.1, 0.15) is 16.8 Å². The van der Waals surface area contributed by atoms with Crippen LogP contribution in [-0.2, 0) is 0 Å². The molecule has 1 aromatic carbocycles. The standard InChI is InChI=1S/C13H16N4O2/c1-8-4-10(19-3)5-12(18)11(8)6-15-17-7-9(2)16-13(17)14/h4-7,18H,1-3H3,(H2,14,16). The van der Waals surface area contributed by atoms with Gasteiger partial charge in [0.1, 0.15) is 11.5 Å². The van der Waals surface area contributed by atoms with Crippen molar-refractivity contribution in [1.29, 1.82) is 0 Å². The third-order valence-corrected chi connectivity index (χ3v) is 2.72. The van der Waals surface area contributed by atoms with Crippen LogP contribution in [0.15, 0.2) is 23.4 Å². The van der Waals surface area contributed by atoms with E-state index in [9.17, 15) is 5.11 Å². The highest BCUT2D eigenvalue weighted by Crippen LogP contribution is 2.26. The molecule has 0 saturated heterocycles. The topological polar surface area (TPSA) is 85.7 Å². The van der Waals surface area contributed by atoms with Crippen molar-refractivity contribution in [2.45, 2.75) is 13.8 Å². The van der Waals surface area contributed by atoms with E-state index in [2.05, 4.69) is 10.1 Å². The van der Waals surface area contributed by atoms with Crippen molar-refractivity contribution >= 4 is 12.2 Å². The highest BCUT2D eigenvalue weighted by atomic mass is 16.5. The predicted octanol–water partition coefficient (Wildman–Crippen LogP) is 1.68. The number of ether oxygens (including phenoxy) is 1. The Kier molecular flexibility index (Phi) is 3.41. The molecule has 0 unspecified atom stereocenters. The van der Waals surface area contributed by atoms with Gasteiger partial charge in [0.25, 0.3) is 0 Å². The second kappa shape index (κ2) is 5.01. The molecular weight excluding hydrogens is 244 g/mol. The quantitative estimate of drug-likeness (QED) is 0.822. The molecule has 1 heterocycles. The van der Waals surface area contributed by atoms with Gasteiger partial charge in [0.15, 0.2) is 0 Å². The van der Waals surface area contributed by atoms with Gasteiger partial charge < -0.3 is 15.6 Å². The van der Waals surface area contributed by atoms with Gasteiger partial charge >= 0.3 is 0 Å². The van der Waals surface area contributed by atoms with Gasteiger partial charge in [0.2, 0.25) is 5.95 Å². The number of nitrogens with two attached hydrogens (primary N) is 1. The van der Waals surface area contributed by atoms with Crippen LogP contribution in [0.3, 0.4) is 0 Å². The molecule has 0 aliphatic rings. The van der Waals surface area contributed by atoms with Crippen LogP contribution in [0, 0.1) is 13.8 Å². The maximum absolute atomic E-state index is 9.93. The maximum Gasteiger partial charge on any atom is 0.221 e. The summed E-state index contributed by atoms with van der Waals surface area (Å²) in [6, 6.07) is 3.36. The number of nitrogen functional groups attached to an aromatic ring is 1. The van der Waals surface area contributed by atoms with Crippen LogP contribution in [0.25, 0.3) is 0 Å². The minimum absolute atomic E-state index is 0.107. The number of aryl methyl sites for hydroxylation is 2. The average Bonchev–Trinajstić information content (AvgIpc) is 2.66. The summed E-state index contributed by atoms with van der Waals surface area (Å²) in [6.07, 6.45) is 3.25. The molecule has 19 heavy (non-hydrogen) atoms. The minimum Gasteiger partial charge on any atom is -0.507 e. The third-order valence-electron chi connectivity index (χ3n) is 2.72. The molecule has 6 nitrogen and oxygen atoms in total. The summed E-state index contributed by atoms with van der Waals surface area (Å²) in [5.74, 6) is 1.01. The van der Waals surface area contributed by atoms with Crippen LogP contribution in [0.5, 0.6) is 11.5 Å². The van der Waals surface area contributed by atoms with E-state index in [1.165, 1.54) is 10.7 Å². The monoisotopic (exact) mass is 260 g/mol. The zero-order valence-corrected chi connectivity index (χ0v) is 11.1. The van der Waals surface area contributed by atoms with Gasteiger partial charge in [-0.15, -0.1) is 0 Å². The number of aromatic hydroxyl groups is 1. The van der Waals surface area contributed by atoms with Crippen LogP contribution < -0.4 is 10.5 Å². The van der Waals surface area contributed by atoms with Crippen LogP contribution in [0.4, 0.5) is 5.95 Å². The van der Waals surface area contributed by atoms with Crippen molar-refractivity contribution < 1.29 is 9.84 Å². The highest BCUT2D eigenvalue weighted by molar-refractivity contribution is 5.85. The van der Waals surface area contributed by atoms with Crippen molar-refractivity contribution in [2.24, 2.45) is 5.10 Å². The van der Waals surface area contributed by atoms with Crippen LogP contribution >= 0.6 is 0 Å². The van der Waals surface area contributed by atoms with E-state index in [1.54, 1.807) is 19.5 Å². The number of hydrogen-bond donors (Lipinski definition) is 2. The number of rotatable bonds is 3. The number of nitrogens with zero attached hydrogens (tertiary/aromatic N) is 3. The molecule has 100 valence electrons. The Morgan fingerprint density at radius 2 is 2.16 bits per heavy atom. The first-order valence-electron chi connectivity index (χ1n) is 5.74. The first kappa shape index (κ1) is 12.9. The van der Waals surface area contributed by atoms with Gasteiger partial charge in [-0.05, 0) is 25.5 Å². The van der Waals surface area contributed by atoms with Gasteiger partial charge in [0.05, 0.1) is 25.2 Å². The average molecular weight is 260 g/mol. The van der Waals surface area contributed by atoms with E-state index in [-0.39, 0.29) is 5.75 Å². The van der Waals surface area contributed by atoms with Crippen LogP contribution in [-0.4, -0.2) is 28.1 Å². The van der Waals surface area contributed by atoms with E-state index in [0.717, 1.165) is 11.3 Å². The van der Waals surface area contributed by atoms with Crippen molar-refractivity contribution in [3.05, 3.63) is 35.2 Å². The van der Waals surface area contributed by atoms with Crippen molar-refractivity contribution in [1.82, 2.24) is 9.66 Å². The van der Waals surface area contributed by atoms with Crippen molar-refractivity contribution in [3.8, 4) is 11.5 Å². The Bertz CT molecular complexity index is 609. The van der Waals surface area contributed by atoms with Gasteiger partial charge in [-0.25, -0.2) is 9.66 Å². The molecular formula is C13H16N4O2. The summed E-state index contributed by atoms with van der Waals surface area (Å²) in [5, 5.41) is 14.1. The summed E-state index contributed by atoms with van der Waals surface area (Å²) in [4.78, 5) is 4.04. The first-order chi connectivity index (χ1) is 9.01. The molecule has 1 aromatic heterocycles. The smallest absolute Gasteiger partial charge is 0.221 e. The fourth-order valence-corrected chi connectivity index (χ4v) is 1.75. The number of methoxy groups -OCH3 is 1. The van der Waals surface area contributed by atoms with Crippen LogP contribution in [0.2, 0.25) is 0 Å². The lowest BCUT2D eigenvalue weighted by Crippen LogP contribution is -1.98. The van der Waals surface area contributed by atoms with Gasteiger partial charge in [0, 0.05) is 11.6 Å². The number of imidazole rings is 1. The normalized spacial score (nSPS) is 11.1. The highest BCUT2D eigenvalue weighted by Gasteiger charge is 2.06. The molecule has 0 bridgehead atoms. The lowest BCUT2D eigenvalue weighted by molar-refractivity contribution is 0.407. The summed E-state index contributed by atoms with van der Waals surface area (Å²) >= 11 is 0. The Hall–Kier alpha value is -2.50. The molecule has 0 aliphatic carbocycles. The minimum atomic E-state index is 0.107. The second-order valence-corrected chi connectivity index (χ2v) is 4.21. The largest absolute Gasteiger partial charge is 0.507 e. The summed E-state index contributed by atoms with van der Waals surface area (Å²) < 4.78 is 6.53. The Morgan fingerprint density at radius 3 is 2.68 bits per heavy atom. The van der Waals surface area contributed by atoms with E-state index in [0.29, 0.717) is 17.3 Å². The Morgan fingerprint density at radius 1 is 1.42 bits per heavy atom. The summed E-state index contributed by atoms with van der Waals surface area (Å²) in [5.41, 5.74) is 7.94. The molecule has 0 saturated carbocycles. The molecule has 0 fully saturated rings. The number of hydrogen-bond acceptors (Lipinski definition) is 5. The van der Waals surface area contributed by atoms with E-state index >= 15 is 0 Å². The maximum atomic E-state index is 9.93. The fourth-order valence-electron chi connectivity index (χ4n) is 1.75. The van der Waals surface area contributed by atoms with Gasteiger partial charge in [-0.2, -0.15) is 5.10 Å². The molecule has 6 heteroatoms. The Labute approximate surface area is 111 Å². The molecule has 2 aromatic rings. The zero-order chi connectivity index (χ0) is 14.0. The predicted molar refractivity (Wildman–Crippen MR) is 73.8 cm³/mol. The lowest BCUT2D eigenvalue weighted by atomic mass is 10.1. The molecule has 0 spiro atoms. The van der Waals surface area contributed by atoms with E-state index < -0.39 is 0 Å². The molecule has 3 N–H and O–H groups in total. The summed E-state index contributed by atoms with van der Waals surface area (Å²) in [6.45, 7) is 3.70. The number of phenolic OH excluding ortho intramolecular Hbond substituents is 1. The molecule has 0 amide bonds. The number of phenols is 1. The second-order valence-electron chi connectivity index (χ2n) is 4.21. The lowest BCUT2D eigenvalue weighted by Gasteiger charge is -2.07. The van der Waals surface area contributed by atoms with E-state index in [4.69, 9.17) is 10.5 Å². The number of anilines is 1. The number of benzene rings is 1. The first-order valence-corrected chi connectivity index (χ1v) is 5.74. The number of aromatic nitrogens is 2. The SMILES string of the molecule is COc1cc(C)c(C=Nn2cc(C)nc2N)c(O)c1. The summed E-state index contributed by atoms with van der Waals surface area (Å²) in [7, 11) is 1.55. The molecule has 2 rings (SSSR count). The van der Waals surface area contributed by atoms with E-state index in [1.807, 2.05) is 19.9 Å². The Balaban J connectivity index is 2.36. The van der Waals surface area contributed by atoms with Crippen molar-refractivity contribution in [2.75, 3.05) is 12.8 Å². The van der Waals surface area contributed by atoms with Gasteiger partial charge in [-0.3, -0.25) is 0 Å². The van der Waals surface area contributed by atoms with Gasteiger partial charge in [-0.1, -0.05) is 0 Å². The molecule has 0 aliphatic heterocycles. The third kappa shape index (κ3) is 2.67.